The quantitative estimate of drug-likeness (QED) is 0.646. The summed E-state index contributed by atoms with van der Waals surface area (Å²) in [7, 11) is 0. The highest BCUT2D eigenvalue weighted by Gasteiger charge is 2.49. The van der Waals surface area contributed by atoms with E-state index in [4.69, 9.17) is 16.9 Å². The van der Waals surface area contributed by atoms with Gasteiger partial charge in [-0.2, -0.15) is 5.26 Å². The average Bonchev–Trinajstić information content (AvgIpc) is 2.78. The van der Waals surface area contributed by atoms with Crippen molar-refractivity contribution in [1.29, 1.82) is 5.26 Å². The van der Waals surface area contributed by atoms with Crippen LogP contribution in [0.3, 0.4) is 0 Å². The first-order chi connectivity index (χ1) is 6.65. The maximum atomic E-state index is 11.6. The van der Waals surface area contributed by atoms with E-state index in [0.717, 1.165) is 12.8 Å². The predicted molar refractivity (Wildman–Crippen MR) is 50.8 cm³/mol. The number of ketones is 1. The molecular weight excluding hydrogens is 202 g/mol. The zero-order chi connectivity index (χ0) is 10.2. The number of carbonyl (C=O) groups excluding carboxylic acids is 1. The lowest BCUT2D eigenvalue weighted by Crippen LogP contribution is -3.09. The number of nitrogens with zero attached hydrogens (tertiary/aromatic N) is 2. The molecule has 5 heteroatoms. The zero-order valence-electron chi connectivity index (χ0n) is 7.46. The molecule has 0 saturated heterocycles. The van der Waals surface area contributed by atoms with Gasteiger partial charge in [-0.05, 0) is 12.8 Å². The van der Waals surface area contributed by atoms with Crippen LogP contribution >= 0.6 is 11.6 Å². The standard InChI is InChI=1S/C9H8ClN3O/c10-9(1-2-9)8(14)5-13-6-12-4-7(13)3-11/h4,6H,1-2,5H2/p+1. The lowest BCUT2D eigenvalue weighted by molar-refractivity contribution is -0.737. The van der Waals surface area contributed by atoms with Gasteiger partial charge in [0.2, 0.25) is 11.5 Å². The molecule has 1 atom stereocenters. The van der Waals surface area contributed by atoms with Crippen molar-refractivity contribution < 1.29 is 9.69 Å². The molecular formula is C9H9ClN3O+. The number of hydrogen-bond acceptors (Lipinski definition) is 3. The maximum absolute atomic E-state index is 11.6. The average molecular weight is 211 g/mol. The van der Waals surface area contributed by atoms with E-state index in [1.165, 1.54) is 6.20 Å². The van der Waals surface area contributed by atoms with E-state index in [1.54, 1.807) is 6.34 Å². The fraction of sp³-hybridized carbons (Fsp3) is 0.444. The summed E-state index contributed by atoms with van der Waals surface area (Å²) in [5, 5.41) is 8.70. The number of hydrogen-bond donors (Lipinski definition) is 1. The Hall–Kier alpha value is -1.18. The van der Waals surface area contributed by atoms with Gasteiger partial charge < -0.3 is 0 Å². The summed E-state index contributed by atoms with van der Waals surface area (Å²) < 4.78 is 0. The van der Waals surface area contributed by atoms with E-state index in [2.05, 4.69) is 4.99 Å². The number of rotatable bonds is 3. The summed E-state index contributed by atoms with van der Waals surface area (Å²) >= 11 is 5.95. The van der Waals surface area contributed by atoms with Gasteiger partial charge >= 0.3 is 0 Å². The summed E-state index contributed by atoms with van der Waals surface area (Å²) in [5.74, 6) is 0.00340. The van der Waals surface area contributed by atoms with Crippen molar-refractivity contribution >= 4 is 23.7 Å². The molecule has 0 aromatic heterocycles. The molecule has 1 unspecified atom stereocenters. The first-order valence-corrected chi connectivity index (χ1v) is 4.75. The van der Waals surface area contributed by atoms with E-state index in [1.807, 2.05) is 6.07 Å². The minimum Gasteiger partial charge on any atom is -0.291 e. The second-order valence-corrected chi connectivity index (χ2v) is 4.25. The molecule has 1 fully saturated rings. The summed E-state index contributed by atoms with van der Waals surface area (Å²) in [6, 6.07) is 1.99. The topological polar surface area (TPSA) is 57.7 Å². The molecule has 14 heavy (non-hydrogen) atoms. The van der Waals surface area contributed by atoms with Crippen LogP contribution in [0, 0.1) is 11.3 Å². The van der Waals surface area contributed by atoms with Crippen LogP contribution in [0.2, 0.25) is 0 Å². The molecule has 0 bridgehead atoms. The van der Waals surface area contributed by atoms with Gasteiger partial charge in [0.25, 0.3) is 0 Å². The smallest absolute Gasteiger partial charge is 0.234 e. The number of aliphatic imine (C=N–C) groups is 1. The summed E-state index contributed by atoms with van der Waals surface area (Å²) in [5.41, 5.74) is 0.472. The van der Waals surface area contributed by atoms with Gasteiger partial charge in [0.1, 0.15) is 17.6 Å². The lowest BCUT2D eigenvalue weighted by Gasteiger charge is -2.09. The van der Waals surface area contributed by atoms with Crippen molar-refractivity contribution in [2.75, 3.05) is 6.54 Å². The SMILES string of the molecule is N#CC1=CN=C[NH+]1CC(=O)C1(Cl)CC1. The third-order valence-electron chi connectivity index (χ3n) is 2.44. The number of alkyl halides is 1. The summed E-state index contributed by atoms with van der Waals surface area (Å²) in [6.45, 7) is 0.229. The van der Waals surface area contributed by atoms with E-state index in [9.17, 15) is 4.79 Å². The zero-order valence-corrected chi connectivity index (χ0v) is 8.21. The van der Waals surface area contributed by atoms with Crippen molar-refractivity contribution in [3.8, 4) is 6.07 Å². The van der Waals surface area contributed by atoms with Crippen LogP contribution in [-0.4, -0.2) is 23.5 Å². The number of nitriles is 1. The van der Waals surface area contributed by atoms with Crippen LogP contribution in [0.5, 0.6) is 0 Å². The van der Waals surface area contributed by atoms with E-state index >= 15 is 0 Å². The van der Waals surface area contributed by atoms with Crippen molar-refractivity contribution in [2.45, 2.75) is 17.7 Å². The first-order valence-electron chi connectivity index (χ1n) is 4.37. The molecule has 1 aliphatic heterocycles. The molecule has 4 nitrogen and oxygen atoms in total. The largest absolute Gasteiger partial charge is 0.291 e. The second kappa shape index (κ2) is 3.19. The minimum atomic E-state index is -0.635. The third kappa shape index (κ3) is 1.57. The highest BCUT2D eigenvalue weighted by Crippen LogP contribution is 2.42. The van der Waals surface area contributed by atoms with Crippen LogP contribution in [0.1, 0.15) is 12.8 Å². The van der Waals surface area contributed by atoms with Gasteiger partial charge in [-0.1, -0.05) is 0 Å². The molecule has 2 rings (SSSR count). The Morgan fingerprint density at radius 2 is 2.50 bits per heavy atom. The molecule has 2 aliphatic rings. The van der Waals surface area contributed by atoms with Gasteiger partial charge in [0.05, 0.1) is 0 Å². The van der Waals surface area contributed by atoms with E-state index in [-0.39, 0.29) is 12.3 Å². The monoisotopic (exact) mass is 210 g/mol. The number of quaternary nitrogens is 1. The number of allylic oxidation sites excluding steroid dienone is 1. The number of carbonyl (C=O) groups is 1. The maximum Gasteiger partial charge on any atom is 0.234 e. The van der Waals surface area contributed by atoms with Gasteiger partial charge in [-0.25, -0.2) is 9.89 Å². The Labute approximate surface area is 86.5 Å². The van der Waals surface area contributed by atoms with Gasteiger partial charge in [-0.3, -0.25) is 4.79 Å². The Morgan fingerprint density at radius 1 is 1.79 bits per heavy atom. The molecule has 0 amide bonds. The molecule has 1 heterocycles. The Kier molecular flexibility index (Phi) is 2.14. The number of Topliss-reactive ketones (excluding diaryl/α,β-unsaturated/α-hetero) is 1. The minimum absolute atomic E-state index is 0.00340. The van der Waals surface area contributed by atoms with Crippen LogP contribution in [0.15, 0.2) is 16.9 Å². The normalized spacial score (nSPS) is 26.9. The van der Waals surface area contributed by atoms with Gasteiger partial charge in [-0.15, -0.1) is 11.6 Å². The molecule has 0 aromatic rings. The molecule has 1 N–H and O–H groups in total. The molecule has 1 aliphatic carbocycles. The Balaban J connectivity index is 1.99. The van der Waals surface area contributed by atoms with Crippen LogP contribution in [0.4, 0.5) is 0 Å². The van der Waals surface area contributed by atoms with Crippen LogP contribution in [-0.2, 0) is 4.79 Å². The fourth-order valence-electron chi connectivity index (χ4n) is 1.32. The lowest BCUT2D eigenvalue weighted by atomic mass is 10.2. The molecule has 72 valence electrons. The van der Waals surface area contributed by atoms with E-state index in [0.29, 0.717) is 10.6 Å². The Morgan fingerprint density at radius 3 is 3.07 bits per heavy atom. The second-order valence-electron chi connectivity index (χ2n) is 3.52. The van der Waals surface area contributed by atoms with Crippen LogP contribution < -0.4 is 4.90 Å². The predicted octanol–water partition coefficient (Wildman–Crippen LogP) is -0.381. The first kappa shape index (κ1) is 9.38. The highest BCUT2D eigenvalue weighted by atomic mass is 35.5. The van der Waals surface area contributed by atoms with E-state index < -0.39 is 4.87 Å². The fourth-order valence-corrected chi connectivity index (χ4v) is 1.48. The van der Waals surface area contributed by atoms with Gasteiger partial charge in [0, 0.05) is 0 Å². The Bertz CT molecular complexity index is 376. The third-order valence-corrected chi connectivity index (χ3v) is 3.03. The van der Waals surface area contributed by atoms with Crippen LogP contribution in [0.25, 0.3) is 0 Å². The van der Waals surface area contributed by atoms with Crippen molar-refractivity contribution in [3.05, 3.63) is 11.9 Å². The van der Waals surface area contributed by atoms with Crippen molar-refractivity contribution in [3.63, 3.8) is 0 Å². The molecule has 1 saturated carbocycles. The number of halogens is 1. The number of nitrogens with one attached hydrogen (secondary N) is 1. The summed E-state index contributed by atoms with van der Waals surface area (Å²) in [4.78, 5) is 15.5. The molecule has 0 aromatic carbocycles. The molecule has 0 radical (unpaired) electrons. The van der Waals surface area contributed by atoms with Crippen molar-refractivity contribution in [2.24, 2.45) is 4.99 Å². The molecule has 0 spiro atoms. The van der Waals surface area contributed by atoms with Crippen molar-refractivity contribution in [1.82, 2.24) is 0 Å². The highest BCUT2D eigenvalue weighted by molar-refractivity contribution is 6.37. The van der Waals surface area contributed by atoms with Gasteiger partial charge in [0.15, 0.2) is 12.4 Å². The summed E-state index contributed by atoms with van der Waals surface area (Å²) in [6.07, 6.45) is 4.53.